The third-order valence-corrected chi connectivity index (χ3v) is 5.19. The number of esters is 1. The van der Waals surface area contributed by atoms with Crippen LogP contribution >= 0.6 is 0 Å². The fourth-order valence-corrected chi connectivity index (χ4v) is 3.34. The predicted octanol–water partition coefficient (Wildman–Crippen LogP) is 6.39. The van der Waals surface area contributed by atoms with Crippen LogP contribution in [0, 0.1) is 5.92 Å². The number of nitrogens with zero attached hydrogens (tertiary/aromatic N) is 3. The first-order chi connectivity index (χ1) is 14.9. The Hall–Kier alpha value is -3.21. The number of aromatic nitrogens is 1. The van der Waals surface area contributed by atoms with Crippen LogP contribution in [-0.4, -0.2) is 28.8 Å². The molecule has 0 radical (unpaired) electrons. The molecule has 2 heterocycles. The summed E-state index contributed by atoms with van der Waals surface area (Å²) >= 11 is 0. The zero-order chi connectivity index (χ0) is 23.1. The van der Waals surface area contributed by atoms with Crippen molar-refractivity contribution in [1.82, 2.24) is 9.99 Å². The predicted molar refractivity (Wildman–Crippen MR) is 129 cm³/mol. The first-order valence-corrected chi connectivity index (χ1v) is 10.8. The number of fused-ring (bicyclic) bond motifs is 1. The molecule has 1 aromatic carbocycles. The molecular formula is C26H33N3O2. The Morgan fingerprint density at radius 2 is 1.81 bits per heavy atom. The third kappa shape index (κ3) is 4.76. The molecule has 5 nitrogen and oxygen atoms in total. The van der Waals surface area contributed by atoms with Crippen molar-refractivity contribution in [2.45, 2.75) is 48.5 Å². The van der Waals surface area contributed by atoms with Gasteiger partial charge in [0.05, 0.1) is 18.5 Å². The molecule has 31 heavy (non-hydrogen) atoms. The standard InChI is InChI=1S/C24H27N3O2.C2H6/c1-7-20-21-19(18-11-9-8-10-12-18)13-14-25-22(21)16(4)23(24(28)29-6)27(20)26-17(5)15(2)3;1-2/h7-15H,1-6H3;1-2H3/b20-7+,26-17+;. The molecule has 0 unspecified atom stereocenters. The Morgan fingerprint density at radius 3 is 2.35 bits per heavy atom. The van der Waals surface area contributed by atoms with Crippen LogP contribution in [0.1, 0.15) is 59.7 Å². The zero-order valence-electron chi connectivity index (χ0n) is 19.9. The average molecular weight is 420 g/mol. The number of hydrogen-bond acceptors (Lipinski definition) is 5. The number of benzene rings is 1. The van der Waals surface area contributed by atoms with E-state index in [4.69, 9.17) is 9.84 Å². The van der Waals surface area contributed by atoms with Crippen molar-refractivity contribution in [3.05, 3.63) is 65.6 Å². The highest BCUT2D eigenvalue weighted by atomic mass is 16.5. The molecule has 1 aromatic heterocycles. The summed E-state index contributed by atoms with van der Waals surface area (Å²) in [6.07, 6.45) is 3.75. The Bertz CT molecular complexity index is 1020. The molecular weight excluding hydrogens is 386 g/mol. The molecule has 0 N–H and O–H groups in total. The fourth-order valence-electron chi connectivity index (χ4n) is 3.34. The minimum absolute atomic E-state index is 0.246. The summed E-state index contributed by atoms with van der Waals surface area (Å²) in [5, 5.41) is 6.53. The maximum absolute atomic E-state index is 12.7. The molecule has 0 aliphatic carbocycles. The van der Waals surface area contributed by atoms with Gasteiger partial charge < -0.3 is 4.74 Å². The SMILES string of the molecule is C/C=C1\c2c(-c3ccccc3)ccnc2C(C)=C(C(=O)OC)N1/N=C(\C)C(C)C.CC. The van der Waals surface area contributed by atoms with E-state index in [1.54, 1.807) is 11.2 Å². The molecule has 0 bridgehead atoms. The Morgan fingerprint density at radius 1 is 1.16 bits per heavy atom. The van der Waals surface area contributed by atoms with E-state index in [0.29, 0.717) is 5.70 Å². The van der Waals surface area contributed by atoms with E-state index >= 15 is 0 Å². The van der Waals surface area contributed by atoms with E-state index in [-0.39, 0.29) is 5.92 Å². The van der Waals surface area contributed by atoms with Gasteiger partial charge in [0.2, 0.25) is 0 Å². The number of methoxy groups -OCH3 is 1. The molecule has 1 aliphatic rings. The highest BCUT2D eigenvalue weighted by molar-refractivity contribution is 6.04. The lowest BCUT2D eigenvalue weighted by molar-refractivity contribution is -0.137. The number of hydrazone groups is 1. The van der Waals surface area contributed by atoms with Crippen LogP contribution in [0.5, 0.6) is 0 Å². The number of rotatable bonds is 4. The van der Waals surface area contributed by atoms with Crippen LogP contribution < -0.4 is 0 Å². The highest BCUT2D eigenvalue weighted by Crippen LogP contribution is 2.42. The number of hydrogen-bond donors (Lipinski definition) is 0. The summed E-state index contributed by atoms with van der Waals surface area (Å²) in [5.41, 5.74) is 6.75. The first kappa shape index (κ1) is 24.1. The zero-order valence-corrected chi connectivity index (χ0v) is 19.9. The van der Waals surface area contributed by atoms with Gasteiger partial charge in [-0.15, -0.1) is 0 Å². The lowest BCUT2D eigenvalue weighted by atomic mass is 9.90. The van der Waals surface area contributed by atoms with E-state index < -0.39 is 5.97 Å². The van der Waals surface area contributed by atoms with E-state index in [9.17, 15) is 4.79 Å². The lowest BCUT2D eigenvalue weighted by Gasteiger charge is -2.33. The van der Waals surface area contributed by atoms with Gasteiger partial charge in [-0.3, -0.25) is 4.98 Å². The number of ether oxygens (including phenoxy) is 1. The van der Waals surface area contributed by atoms with Crippen molar-refractivity contribution < 1.29 is 9.53 Å². The molecule has 2 aromatic rings. The molecule has 0 saturated carbocycles. The van der Waals surface area contributed by atoms with Crippen LogP contribution in [0.4, 0.5) is 0 Å². The second kappa shape index (κ2) is 10.7. The van der Waals surface area contributed by atoms with Crippen molar-refractivity contribution in [2.24, 2.45) is 11.0 Å². The quantitative estimate of drug-likeness (QED) is 0.426. The summed E-state index contributed by atoms with van der Waals surface area (Å²) in [6, 6.07) is 12.2. The summed E-state index contributed by atoms with van der Waals surface area (Å²) in [7, 11) is 1.39. The monoisotopic (exact) mass is 419 g/mol. The van der Waals surface area contributed by atoms with Gasteiger partial charge >= 0.3 is 5.97 Å². The number of carbonyl (C=O) groups excluding carboxylic acids is 1. The van der Waals surface area contributed by atoms with Gasteiger partial charge in [0.25, 0.3) is 0 Å². The van der Waals surface area contributed by atoms with Crippen molar-refractivity contribution in [1.29, 1.82) is 0 Å². The Kier molecular flexibility index (Phi) is 8.31. The van der Waals surface area contributed by atoms with Gasteiger partial charge in [0, 0.05) is 23.0 Å². The van der Waals surface area contributed by atoms with Crippen molar-refractivity contribution >= 4 is 23.0 Å². The molecule has 164 valence electrons. The van der Waals surface area contributed by atoms with Gasteiger partial charge in [-0.05, 0) is 43.9 Å². The molecule has 0 spiro atoms. The molecule has 0 fully saturated rings. The molecule has 5 heteroatoms. The number of pyridine rings is 1. The molecule has 0 atom stereocenters. The van der Waals surface area contributed by atoms with E-state index in [0.717, 1.165) is 39.4 Å². The summed E-state index contributed by atoms with van der Waals surface area (Å²) < 4.78 is 5.09. The highest BCUT2D eigenvalue weighted by Gasteiger charge is 2.34. The minimum Gasteiger partial charge on any atom is -0.464 e. The average Bonchev–Trinajstić information content (AvgIpc) is 2.80. The summed E-state index contributed by atoms with van der Waals surface area (Å²) in [5.74, 6) is -0.184. The molecule has 0 saturated heterocycles. The van der Waals surface area contributed by atoms with Crippen molar-refractivity contribution in [3.63, 3.8) is 0 Å². The van der Waals surface area contributed by atoms with Crippen LogP contribution in [0.15, 0.2) is 59.5 Å². The van der Waals surface area contributed by atoms with Gasteiger partial charge in [-0.25, -0.2) is 9.80 Å². The smallest absolute Gasteiger partial charge is 0.357 e. The van der Waals surface area contributed by atoms with Gasteiger partial charge in [0.1, 0.15) is 0 Å². The Balaban J connectivity index is 0.00000166. The number of carbonyl (C=O) groups is 1. The normalized spacial score (nSPS) is 14.9. The third-order valence-electron chi connectivity index (χ3n) is 5.19. The molecule has 3 rings (SSSR count). The van der Waals surface area contributed by atoms with Crippen molar-refractivity contribution in [3.8, 4) is 11.1 Å². The lowest BCUT2D eigenvalue weighted by Crippen LogP contribution is -2.30. The molecule has 1 aliphatic heterocycles. The summed E-state index contributed by atoms with van der Waals surface area (Å²) in [4.78, 5) is 17.3. The second-order valence-electron chi connectivity index (χ2n) is 7.30. The minimum atomic E-state index is -0.431. The fraction of sp³-hybridized carbons (Fsp3) is 0.346. The largest absolute Gasteiger partial charge is 0.464 e. The van der Waals surface area contributed by atoms with E-state index in [1.165, 1.54) is 7.11 Å². The van der Waals surface area contributed by atoms with E-state index in [1.807, 2.05) is 65.0 Å². The van der Waals surface area contributed by atoms with Gasteiger partial charge in [0.15, 0.2) is 5.70 Å². The Labute approximate surface area is 186 Å². The van der Waals surface area contributed by atoms with Crippen LogP contribution in [0.2, 0.25) is 0 Å². The van der Waals surface area contributed by atoms with Crippen LogP contribution in [0.25, 0.3) is 22.4 Å². The first-order valence-electron chi connectivity index (χ1n) is 10.8. The maximum Gasteiger partial charge on any atom is 0.357 e. The summed E-state index contributed by atoms with van der Waals surface area (Å²) in [6.45, 7) is 14.0. The topological polar surface area (TPSA) is 54.8 Å². The van der Waals surface area contributed by atoms with Gasteiger partial charge in [-0.1, -0.05) is 64.1 Å². The maximum atomic E-state index is 12.7. The van der Waals surface area contributed by atoms with Crippen LogP contribution in [0.3, 0.4) is 0 Å². The van der Waals surface area contributed by atoms with E-state index in [2.05, 4.69) is 31.0 Å². The number of allylic oxidation sites excluding steroid dienone is 2. The van der Waals surface area contributed by atoms with Gasteiger partial charge in [-0.2, -0.15) is 5.10 Å². The second-order valence-corrected chi connectivity index (χ2v) is 7.30. The molecule has 0 amide bonds. The van der Waals surface area contributed by atoms with Crippen LogP contribution in [-0.2, 0) is 9.53 Å². The van der Waals surface area contributed by atoms with Crippen molar-refractivity contribution in [2.75, 3.05) is 7.11 Å².